The number of benzene rings is 4. The number of anilines is 3. The fraction of sp³-hybridized carbons (Fsp3) is 0.273. The first kappa shape index (κ1) is 24.3. The van der Waals surface area contributed by atoms with E-state index in [1.54, 1.807) is 0 Å². The lowest BCUT2D eigenvalue weighted by Crippen LogP contribution is -2.26. The van der Waals surface area contributed by atoms with Gasteiger partial charge in [0.1, 0.15) is 0 Å². The molecule has 0 saturated heterocycles. The van der Waals surface area contributed by atoms with Crippen molar-refractivity contribution in [3.63, 3.8) is 0 Å². The molecule has 0 fully saturated rings. The predicted octanol–water partition coefficient (Wildman–Crippen LogP) is 7.58. The van der Waals surface area contributed by atoms with Crippen LogP contribution in [0.25, 0.3) is 11.1 Å². The summed E-state index contributed by atoms with van der Waals surface area (Å²) in [5, 5.41) is 19.6. The number of aliphatic hydroxyl groups is 2. The summed E-state index contributed by atoms with van der Waals surface area (Å²) in [6.07, 6.45) is 3.16. The Kier molecular flexibility index (Phi) is 6.95. The second kappa shape index (κ2) is 10.3. The van der Waals surface area contributed by atoms with Crippen LogP contribution in [0, 0.1) is 13.8 Å². The van der Waals surface area contributed by atoms with E-state index in [1.165, 1.54) is 33.4 Å². The molecule has 3 nitrogen and oxygen atoms in total. The highest BCUT2D eigenvalue weighted by Gasteiger charge is 2.42. The summed E-state index contributed by atoms with van der Waals surface area (Å²) in [6.45, 7) is 4.59. The van der Waals surface area contributed by atoms with Gasteiger partial charge in [0.25, 0.3) is 0 Å². The van der Waals surface area contributed by atoms with Crippen LogP contribution in [0.1, 0.15) is 47.9 Å². The second-order valence-electron chi connectivity index (χ2n) is 10.0. The summed E-state index contributed by atoms with van der Waals surface area (Å²) in [5.74, 6) is 0. The molecule has 1 aliphatic carbocycles. The van der Waals surface area contributed by atoms with Crippen LogP contribution in [0.5, 0.6) is 0 Å². The molecular formula is C33H35NO2. The molecule has 0 atom stereocenters. The molecule has 0 saturated carbocycles. The third-order valence-electron chi connectivity index (χ3n) is 7.55. The Hall–Kier alpha value is -3.40. The molecule has 5 rings (SSSR count). The van der Waals surface area contributed by atoms with Gasteiger partial charge in [-0.3, -0.25) is 0 Å². The fourth-order valence-electron chi connectivity index (χ4n) is 5.99. The van der Waals surface area contributed by atoms with Gasteiger partial charge in [-0.2, -0.15) is 0 Å². The van der Waals surface area contributed by atoms with E-state index in [1.807, 2.05) is 0 Å². The highest BCUT2D eigenvalue weighted by Crippen LogP contribution is 2.55. The Morgan fingerprint density at radius 2 is 1.14 bits per heavy atom. The zero-order valence-electron chi connectivity index (χ0n) is 21.2. The first-order chi connectivity index (χ1) is 17.6. The van der Waals surface area contributed by atoms with E-state index in [4.69, 9.17) is 0 Å². The summed E-state index contributed by atoms with van der Waals surface area (Å²) in [4.78, 5) is 2.34. The Morgan fingerprint density at radius 1 is 0.583 bits per heavy atom. The van der Waals surface area contributed by atoms with Gasteiger partial charge in [0.15, 0.2) is 0 Å². The Bertz CT molecular complexity index is 1310. The molecule has 36 heavy (non-hydrogen) atoms. The van der Waals surface area contributed by atoms with Crippen molar-refractivity contribution in [3.05, 3.63) is 113 Å². The minimum Gasteiger partial charge on any atom is -0.396 e. The van der Waals surface area contributed by atoms with E-state index in [-0.39, 0.29) is 18.6 Å². The molecule has 184 valence electrons. The van der Waals surface area contributed by atoms with E-state index in [9.17, 15) is 10.2 Å². The third-order valence-corrected chi connectivity index (χ3v) is 7.55. The molecule has 0 amide bonds. The van der Waals surface area contributed by atoms with Crippen molar-refractivity contribution < 1.29 is 10.2 Å². The topological polar surface area (TPSA) is 43.7 Å². The van der Waals surface area contributed by atoms with Gasteiger partial charge in [-0.05, 0) is 109 Å². The van der Waals surface area contributed by atoms with Crippen LogP contribution < -0.4 is 4.90 Å². The molecule has 1 aliphatic rings. The number of rotatable bonds is 9. The normalized spacial score (nSPS) is 13.3. The van der Waals surface area contributed by atoms with Crippen molar-refractivity contribution in [2.75, 3.05) is 18.1 Å². The molecule has 3 heteroatoms. The number of aliphatic hydroxyl groups excluding tert-OH is 2. The van der Waals surface area contributed by atoms with E-state index >= 15 is 0 Å². The number of hydrogen-bond acceptors (Lipinski definition) is 3. The third kappa shape index (κ3) is 4.34. The van der Waals surface area contributed by atoms with Crippen LogP contribution in [0.15, 0.2) is 91.0 Å². The lowest BCUT2D eigenvalue weighted by Gasteiger charge is -2.33. The Balaban J connectivity index is 1.72. The van der Waals surface area contributed by atoms with Gasteiger partial charge in [0.05, 0.1) is 0 Å². The molecule has 0 radical (unpaired) electrons. The van der Waals surface area contributed by atoms with Gasteiger partial charge in [-0.25, -0.2) is 0 Å². The van der Waals surface area contributed by atoms with Crippen molar-refractivity contribution in [3.8, 4) is 11.1 Å². The fourth-order valence-corrected chi connectivity index (χ4v) is 5.99. The quantitative estimate of drug-likeness (QED) is 0.261. The SMILES string of the molecule is Cc1cccc(N(c2cccc(C)c2)c2ccc3c(c2)C(CCCO)(CCCO)c2ccccc2-3)c1. The average Bonchev–Trinajstić information content (AvgIpc) is 3.16. The first-order valence-corrected chi connectivity index (χ1v) is 13.0. The summed E-state index contributed by atoms with van der Waals surface area (Å²) in [6, 6.07) is 32.8. The van der Waals surface area contributed by atoms with Crippen LogP contribution in [0.3, 0.4) is 0 Å². The number of fused-ring (bicyclic) bond motifs is 3. The van der Waals surface area contributed by atoms with Crippen LogP contribution in [0.2, 0.25) is 0 Å². The Morgan fingerprint density at radius 3 is 1.72 bits per heavy atom. The van der Waals surface area contributed by atoms with E-state index in [0.717, 1.165) is 42.7 Å². The standard InChI is InChI=1S/C33H35NO2/c1-24-9-5-11-26(21-24)34(27-12-6-10-25(2)22-27)28-15-16-30-29-13-3-4-14-31(29)33(17-7-19-35,18-8-20-36)32(30)23-28/h3-6,9-16,21-23,35-36H,7-8,17-20H2,1-2H3. The average molecular weight is 478 g/mol. The summed E-state index contributed by atoms with van der Waals surface area (Å²) >= 11 is 0. The molecule has 0 bridgehead atoms. The van der Waals surface area contributed by atoms with Crippen LogP contribution >= 0.6 is 0 Å². The second-order valence-corrected chi connectivity index (χ2v) is 10.0. The maximum absolute atomic E-state index is 9.80. The smallest absolute Gasteiger partial charge is 0.0465 e. The zero-order valence-corrected chi connectivity index (χ0v) is 21.2. The number of nitrogens with zero attached hydrogens (tertiary/aromatic N) is 1. The maximum Gasteiger partial charge on any atom is 0.0465 e. The van der Waals surface area contributed by atoms with Gasteiger partial charge in [-0.1, -0.05) is 54.6 Å². The molecular weight excluding hydrogens is 442 g/mol. The van der Waals surface area contributed by atoms with E-state index < -0.39 is 0 Å². The van der Waals surface area contributed by atoms with Gasteiger partial charge in [0.2, 0.25) is 0 Å². The molecule has 0 spiro atoms. The van der Waals surface area contributed by atoms with Crippen LogP contribution in [0.4, 0.5) is 17.1 Å². The van der Waals surface area contributed by atoms with Crippen molar-refractivity contribution in [2.45, 2.75) is 44.9 Å². The monoisotopic (exact) mass is 477 g/mol. The Labute approximate surface area is 214 Å². The van der Waals surface area contributed by atoms with Crippen LogP contribution in [-0.2, 0) is 5.41 Å². The van der Waals surface area contributed by atoms with Crippen molar-refractivity contribution >= 4 is 17.1 Å². The lowest BCUT2D eigenvalue weighted by atomic mass is 9.71. The van der Waals surface area contributed by atoms with Gasteiger partial charge >= 0.3 is 0 Å². The largest absolute Gasteiger partial charge is 0.396 e. The highest BCUT2D eigenvalue weighted by molar-refractivity contribution is 5.86. The zero-order chi connectivity index (χ0) is 25.1. The molecule has 0 unspecified atom stereocenters. The molecule has 0 aliphatic heterocycles. The predicted molar refractivity (Wildman–Crippen MR) is 149 cm³/mol. The lowest BCUT2D eigenvalue weighted by molar-refractivity contribution is 0.247. The molecule has 0 aromatic heterocycles. The van der Waals surface area contributed by atoms with Crippen molar-refractivity contribution in [2.24, 2.45) is 0 Å². The van der Waals surface area contributed by atoms with Crippen molar-refractivity contribution in [1.82, 2.24) is 0 Å². The van der Waals surface area contributed by atoms with Gasteiger partial charge in [0, 0.05) is 35.7 Å². The highest BCUT2D eigenvalue weighted by atomic mass is 16.3. The van der Waals surface area contributed by atoms with Gasteiger partial charge < -0.3 is 15.1 Å². The number of hydrogen-bond donors (Lipinski definition) is 2. The number of aryl methyl sites for hydroxylation is 2. The van der Waals surface area contributed by atoms with Gasteiger partial charge in [-0.15, -0.1) is 0 Å². The van der Waals surface area contributed by atoms with E-state index in [2.05, 4.69) is 110 Å². The first-order valence-electron chi connectivity index (χ1n) is 13.0. The van der Waals surface area contributed by atoms with Crippen LogP contribution in [-0.4, -0.2) is 23.4 Å². The maximum atomic E-state index is 9.80. The minimum atomic E-state index is -0.224. The summed E-state index contributed by atoms with van der Waals surface area (Å²) < 4.78 is 0. The van der Waals surface area contributed by atoms with E-state index in [0.29, 0.717) is 0 Å². The molecule has 0 heterocycles. The minimum absolute atomic E-state index is 0.163. The molecule has 4 aromatic carbocycles. The summed E-state index contributed by atoms with van der Waals surface area (Å²) in [5.41, 5.74) is 10.8. The summed E-state index contributed by atoms with van der Waals surface area (Å²) in [7, 11) is 0. The molecule has 2 N–H and O–H groups in total. The molecule has 4 aromatic rings. The van der Waals surface area contributed by atoms with Crippen molar-refractivity contribution in [1.29, 1.82) is 0 Å².